The molecule has 0 aliphatic carbocycles. The molecule has 0 aliphatic heterocycles. The Kier molecular flexibility index (Phi) is 9.13. The summed E-state index contributed by atoms with van der Waals surface area (Å²) in [6, 6.07) is 10.9. The molecule has 1 radical (unpaired) electrons. The average molecular weight is 453 g/mol. The van der Waals surface area contributed by atoms with Crippen molar-refractivity contribution >= 4 is 22.9 Å². The van der Waals surface area contributed by atoms with Gasteiger partial charge in [-0.2, -0.15) is 12.1 Å². The summed E-state index contributed by atoms with van der Waals surface area (Å²) in [6.07, 6.45) is 1.88. The molecule has 2 aromatic rings. The topological polar surface area (TPSA) is 47.0 Å². The molecule has 2 rings (SSSR count). The Balaban J connectivity index is 0.000000360. The van der Waals surface area contributed by atoms with Crippen molar-refractivity contribution in [1.29, 1.82) is 0 Å². The van der Waals surface area contributed by atoms with E-state index >= 15 is 0 Å². The second-order valence-electron chi connectivity index (χ2n) is 3.69. The summed E-state index contributed by atoms with van der Waals surface area (Å²) >= 11 is 1.66. The van der Waals surface area contributed by atoms with E-state index < -0.39 is 0 Å². The third kappa shape index (κ3) is 7.77. The molecule has 0 N–H and O–H groups in total. The van der Waals surface area contributed by atoms with Crippen molar-refractivity contribution in [1.82, 2.24) is 4.98 Å². The molecule has 0 atom stereocenters. The monoisotopic (exact) mass is 453 g/mol. The molecule has 0 aromatic carbocycles. The van der Waals surface area contributed by atoms with Crippen molar-refractivity contribution in [3.8, 4) is 10.6 Å². The van der Waals surface area contributed by atoms with Gasteiger partial charge in [-0.25, -0.2) is 11.3 Å². The van der Waals surface area contributed by atoms with Gasteiger partial charge in [-0.3, -0.25) is 9.59 Å². The average Bonchev–Trinajstić information content (AvgIpc) is 2.82. The second kappa shape index (κ2) is 9.73. The van der Waals surface area contributed by atoms with Gasteiger partial charge in [0.15, 0.2) is 0 Å². The molecule has 0 spiro atoms. The SMILES string of the molecule is CC(=O)CC(C)=O.[Ir].[c-]1ccsc1-c1ccccn1. The fraction of sp³-hybridized carbons (Fsp3) is 0.214. The van der Waals surface area contributed by atoms with Crippen LogP contribution in [-0.2, 0) is 29.7 Å². The van der Waals surface area contributed by atoms with Crippen LogP contribution in [-0.4, -0.2) is 16.6 Å². The van der Waals surface area contributed by atoms with Gasteiger partial charge in [-0.05, 0) is 25.6 Å². The molecule has 2 heterocycles. The van der Waals surface area contributed by atoms with E-state index in [2.05, 4.69) is 11.1 Å². The zero-order valence-corrected chi connectivity index (χ0v) is 13.9. The largest absolute Gasteiger partial charge is 0.319 e. The molecule has 0 aliphatic rings. The van der Waals surface area contributed by atoms with Crippen molar-refractivity contribution in [3.63, 3.8) is 0 Å². The van der Waals surface area contributed by atoms with Crippen LogP contribution in [0, 0.1) is 6.07 Å². The molecular formula is C14H14IrNO2S-. The molecule has 103 valence electrons. The summed E-state index contributed by atoms with van der Waals surface area (Å²) in [6.45, 7) is 2.81. The molecule has 2 aromatic heterocycles. The molecule has 0 fully saturated rings. The van der Waals surface area contributed by atoms with Gasteiger partial charge in [-0.15, -0.1) is 5.38 Å². The van der Waals surface area contributed by atoms with Gasteiger partial charge < -0.3 is 4.98 Å². The van der Waals surface area contributed by atoms with E-state index in [9.17, 15) is 9.59 Å². The Morgan fingerprint density at radius 3 is 2.32 bits per heavy atom. The quantitative estimate of drug-likeness (QED) is 0.531. The van der Waals surface area contributed by atoms with Gasteiger partial charge in [0.05, 0.1) is 6.42 Å². The molecule has 0 bridgehead atoms. The summed E-state index contributed by atoms with van der Waals surface area (Å²) < 4.78 is 0. The van der Waals surface area contributed by atoms with Crippen LogP contribution in [0.2, 0.25) is 0 Å². The van der Waals surface area contributed by atoms with E-state index in [1.165, 1.54) is 13.8 Å². The van der Waals surface area contributed by atoms with Crippen LogP contribution in [0.1, 0.15) is 20.3 Å². The molecular weight excluding hydrogens is 438 g/mol. The Labute approximate surface area is 130 Å². The number of hydrogen-bond acceptors (Lipinski definition) is 4. The van der Waals surface area contributed by atoms with Crippen molar-refractivity contribution < 1.29 is 29.7 Å². The first kappa shape index (κ1) is 17.8. The van der Waals surface area contributed by atoms with Gasteiger partial charge in [-0.1, -0.05) is 17.0 Å². The summed E-state index contributed by atoms with van der Waals surface area (Å²) in [7, 11) is 0. The van der Waals surface area contributed by atoms with Crippen LogP contribution in [0.15, 0.2) is 35.8 Å². The number of thiophene rings is 1. The molecule has 19 heavy (non-hydrogen) atoms. The summed E-state index contributed by atoms with van der Waals surface area (Å²) in [5.41, 5.74) is 1.00. The zero-order chi connectivity index (χ0) is 13.4. The number of Topliss-reactive ketones (excluding diaryl/α,β-unsaturated/α-hetero) is 2. The third-order valence-electron chi connectivity index (χ3n) is 1.86. The van der Waals surface area contributed by atoms with Crippen molar-refractivity contribution in [2.75, 3.05) is 0 Å². The van der Waals surface area contributed by atoms with Gasteiger partial charge >= 0.3 is 0 Å². The van der Waals surface area contributed by atoms with Crippen LogP contribution in [0.3, 0.4) is 0 Å². The minimum Gasteiger partial charge on any atom is -0.319 e. The smallest absolute Gasteiger partial charge is 0.137 e. The summed E-state index contributed by atoms with van der Waals surface area (Å²) in [5.74, 6) is -0.125. The van der Waals surface area contributed by atoms with Crippen LogP contribution in [0.25, 0.3) is 10.6 Å². The molecule has 0 saturated carbocycles. The Morgan fingerprint density at radius 2 is 1.95 bits per heavy atom. The Bertz CT molecular complexity index is 485. The fourth-order valence-electron chi connectivity index (χ4n) is 1.23. The number of pyridine rings is 1. The Hall–Kier alpha value is -1.16. The van der Waals surface area contributed by atoms with E-state index in [4.69, 9.17) is 0 Å². The van der Waals surface area contributed by atoms with E-state index in [-0.39, 0.29) is 38.1 Å². The maximum atomic E-state index is 10.0. The van der Waals surface area contributed by atoms with E-state index in [0.29, 0.717) is 0 Å². The predicted molar refractivity (Wildman–Crippen MR) is 72.4 cm³/mol. The second-order valence-corrected chi connectivity index (χ2v) is 4.61. The molecule has 5 heteroatoms. The minimum absolute atomic E-state index is 0. The van der Waals surface area contributed by atoms with Crippen molar-refractivity contribution in [2.45, 2.75) is 20.3 Å². The van der Waals surface area contributed by atoms with Crippen LogP contribution in [0.4, 0.5) is 0 Å². The number of hydrogen-bond donors (Lipinski definition) is 0. The van der Waals surface area contributed by atoms with Gasteiger partial charge in [0, 0.05) is 26.3 Å². The van der Waals surface area contributed by atoms with Gasteiger partial charge in [0.25, 0.3) is 0 Å². The maximum Gasteiger partial charge on any atom is 0.137 e. The molecule has 3 nitrogen and oxygen atoms in total. The van der Waals surface area contributed by atoms with Crippen molar-refractivity contribution in [3.05, 3.63) is 41.9 Å². The molecule has 0 unspecified atom stereocenters. The normalized spacial score (nSPS) is 8.74. The number of carbonyl (C=O) groups is 2. The third-order valence-corrected chi connectivity index (χ3v) is 2.70. The van der Waals surface area contributed by atoms with Crippen LogP contribution >= 0.6 is 11.3 Å². The molecule has 0 amide bonds. The van der Waals surface area contributed by atoms with Crippen LogP contribution < -0.4 is 0 Å². The number of aromatic nitrogens is 1. The van der Waals surface area contributed by atoms with E-state index in [1.807, 2.05) is 29.6 Å². The maximum absolute atomic E-state index is 10.0. The standard InChI is InChI=1S/C9H6NS.C5H8O2.Ir/c1-2-6-10-8(4-1)9-5-3-7-11-9;1-4(6)3-5(2)7;/h1-4,6-7H;3H2,1-2H3;/q-1;;. The number of nitrogens with zero attached hydrogens (tertiary/aromatic N) is 1. The molecule has 0 saturated heterocycles. The first-order valence-electron chi connectivity index (χ1n) is 5.45. The van der Waals surface area contributed by atoms with Crippen molar-refractivity contribution in [2.24, 2.45) is 0 Å². The van der Waals surface area contributed by atoms with Gasteiger partial charge in [0.2, 0.25) is 0 Å². The van der Waals surface area contributed by atoms with Gasteiger partial charge in [0.1, 0.15) is 11.6 Å². The van der Waals surface area contributed by atoms with E-state index in [1.54, 1.807) is 17.5 Å². The van der Waals surface area contributed by atoms with E-state index in [0.717, 1.165) is 10.6 Å². The zero-order valence-electron chi connectivity index (χ0n) is 10.7. The number of ketones is 2. The first-order valence-corrected chi connectivity index (χ1v) is 6.33. The number of carbonyl (C=O) groups excluding carboxylic acids is 2. The Morgan fingerprint density at radius 1 is 1.26 bits per heavy atom. The predicted octanol–water partition coefficient (Wildman–Crippen LogP) is 3.16. The summed E-state index contributed by atoms with van der Waals surface area (Å²) in [5, 5.41) is 2.00. The minimum atomic E-state index is -0.0625. The fourth-order valence-corrected chi connectivity index (χ4v) is 1.88. The van der Waals surface area contributed by atoms with Crippen LogP contribution in [0.5, 0.6) is 0 Å². The summed E-state index contributed by atoms with van der Waals surface area (Å²) in [4.78, 5) is 25.4. The first-order chi connectivity index (χ1) is 8.59. The number of rotatable bonds is 3.